The quantitative estimate of drug-likeness (QED) is 0.182. The lowest BCUT2D eigenvalue weighted by Gasteiger charge is -2.25. The smallest absolute Gasteiger partial charge is 0.271 e. The fraction of sp³-hybridized carbons (Fsp3) is 0.139. The van der Waals surface area contributed by atoms with Gasteiger partial charge >= 0.3 is 0 Å². The van der Waals surface area contributed by atoms with Crippen LogP contribution in [0.15, 0.2) is 106 Å². The van der Waals surface area contributed by atoms with Gasteiger partial charge in [-0.15, -0.1) is 0 Å². The zero-order valence-electron chi connectivity index (χ0n) is 26.0. The predicted molar refractivity (Wildman–Crippen MR) is 187 cm³/mol. The molecule has 4 aromatic carbocycles. The van der Waals surface area contributed by atoms with Gasteiger partial charge in [0.25, 0.3) is 11.5 Å². The van der Waals surface area contributed by atoms with Crippen molar-refractivity contribution in [2.24, 2.45) is 4.99 Å². The van der Waals surface area contributed by atoms with E-state index in [1.807, 2.05) is 30.3 Å². The van der Waals surface area contributed by atoms with Crippen molar-refractivity contribution in [3.05, 3.63) is 143 Å². The van der Waals surface area contributed by atoms with Gasteiger partial charge in [0.05, 0.1) is 41.1 Å². The van der Waals surface area contributed by atoms with Gasteiger partial charge in [0, 0.05) is 10.7 Å². The van der Waals surface area contributed by atoms with Crippen LogP contribution >= 0.6 is 34.5 Å². The molecule has 244 valence electrons. The molecule has 0 spiro atoms. The maximum absolute atomic E-state index is 14.2. The van der Waals surface area contributed by atoms with E-state index in [1.165, 1.54) is 36.2 Å². The lowest BCUT2D eigenvalue weighted by atomic mass is 9.94. The first kappa shape index (κ1) is 32.9. The summed E-state index contributed by atoms with van der Waals surface area (Å²) in [6.07, 6.45) is 1.69. The van der Waals surface area contributed by atoms with Gasteiger partial charge in [0.2, 0.25) is 0 Å². The molecule has 0 saturated heterocycles. The molecule has 5 aromatic rings. The predicted octanol–water partition coefficient (Wildman–Crippen LogP) is 6.48. The number of phenolic OH excluding ortho intramolecular Hbond substituents is 1. The summed E-state index contributed by atoms with van der Waals surface area (Å²) >= 11 is 13.8. The maximum Gasteiger partial charge on any atom is 0.271 e. The summed E-state index contributed by atoms with van der Waals surface area (Å²) in [7, 11) is 2.94. The first-order valence-electron chi connectivity index (χ1n) is 14.7. The van der Waals surface area contributed by atoms with Crippen molar-refractivity contribution in [1.82, 2.24) is 4.57 Å². The van der Waals surface area contributed by atoms with E-state index >= 15 is 0 Å². The summed E-state index contributed by atoms with van der Waals surface area (Å²) in [5, 5.41) is 14.2. The monoisotopic (exact) mass is 701 g/mol. The second kappa shape index (κ2) is 14.0. The number of aromatic nitrogens is 1. The molecule has 0 fully saturated rings. The number of anilines is 1. The first-order valence-corrected chi connectivity index (χ1v) is 16.2. The van der Waals surface area contributed by atoms with Gasteiger partial charge in [0.1, 0.15) is 6.61 Å². The van der Waals surface area contributed by atoms with Crippen molar-refractivity contribution < 1.29 is 24.1 Å². The number of nitrogens with one attached hydrogen (secondary N) is 1. The number of benzene rings is 4. The Morgan fingerprint density at radius 2 is 1.73 bits per heavy atom. The van der Waals surface area contributed by atoms with E-state index in [1.54, 1.807) is 61.5 Å². The van der Waals surface area contributed by atoms with E-state index in [9.17, 15) is 14.7 Å². The number of halogens is 2. The number of carbonyl (C=O) groups excluding carboxylic acids is 1. The molecule has 2 N–H and O–H groups in total. The highest BCUT2D eigenvalue weighted by Gasteiger charge is 2.33. The van der Waals surface area contributed by atoms with E-state index < -0.39 is 11.9 Å². The average molecular weight is 703 g/mol. The third-order valence-corrected chi connectivity index (χ3v) is 9.18. The number of allylic oxidation sites excluding steroid dienone is 1. The number of nitrogens with zero attached hydrogens (tertiary/aromatic N) is 2. The summed E-state index contributed by atoms with van der Waals surface area (Å²) in [6, 6.07) is 23.6. The number of aromatic hydroxyl groups is 1. The molecule has 0 aliphatic carbocycles. The Bertz CT molecular complexity index is 2230. The fourth-order valence-corrected chi connectivity index (χ4v) is 6.81. The molecule has 6 rings (SSSR count). The standard InChI is InChI=1S/C36H29Cl2N3O6S/c1-20-31(34(43)40-25-7-5-4-6-8-25)32(23-11-14-27(42)28(18-23)45-2)41-35(44)30(48-36(41)39-20)17-22-15-26(38)33(29(16-22)46-3)47-19-21-9-12-24(37)13-10-21/h4-18,32,42H,19H2,1-3H3,(H,40,43)/b30-17-/t32-/m1/s1. The number of hydrogen-bond acceptors (Lipinski definition) is 8. The van der Waals surface area contributed by atoms with Crippen molar-refractivity contribution in [2.45, 2.75) is 19.6 Å². The van der Waals surface area contributed by atoms with Crippen molar-refractivity contribution in [2.75, 3.05) is 19.5 Å². The molecule has 1 aliphatic heterocycles. The van der Waals surface area contributed by atoms with Crippen LogP contribution in [0.4, 0.5) is 5.69 Å². The van der Waals surface area contributed by atoms with Crippen molar-refractivity contribution >= 4 is 52.2 Å². The molecule has 0 radical (unpaired) electrons. The van der Waals surface area contributed by atoms with Crippen LogP contribution in [0, 0.1) is 0 Å². The Morgan fingerprint density at radius 1 is 1.00 bits per heavy atom. The Kier molecular flexibility index (Phi) is 9.58. The van der Waals surface area contributed by atoms with Gasteiger partial charge in [0.15, 0.2) is 27.8 Å². The average Bonchev–Trinajstić information content (AvgIpc) is 3.38. The van der Waals surface area contributed by atoms with E-state index in [0.717, 1.165) is 5.56 Å². The number of ether oxygens (including phenoxy) is 3. The Labute approximate surface area is 289 Å². The topological polar surface area (TPSA) is 111 Å². The molecule has 1 aromatic heterocycles. The number of amides is 1. The van der Waals surface area contributed by atoms with E-state index in [2.05, 4.69) is 5.32 Å². The van der Waals surface area contributed by atoms with Crippen LogP contribution in [-0.2, 0) is 11.4 Å². The van der Waals surface area contributed by atoms with Crippen LogP contribution < -0.4 is 34.4 Å². The van der Waals surface area contributed by atoms with Crippen LogP contribution in [0.5, 0.6) is 23.0 Å². The Hall–Kier alpha value is -5.03. The molecule has 1 aliphatic rings. The third-order valence-electron chi connectivity index (χ3n) is 7.66. The number of phenols is 1. The largest absolute Gasteiger partial charge is 0.504 e. The second-order valence-electron chi connectivity index (χ2n) is 10.8. The number of thiazole rings is 1. The molecule has 0 unspecified atom stereocenters. The molecular weight excluding hydrogens is 673 g/mol. The van der Waals surface area contributed by atoms with Gasteiger partial charge in [-0.1, -0.05) is 70.9 Å². The second-order valence-corrected chi connectivity index (χ2v) is 12.6. The molecule has 48 heavy (non-hydrogen) atoms. The van der Waals surface area contributed by atoms with E-state index in [0.29, 0.717) is 53.4 Å². The molecule has 9 nitrogen and oxygen atoms in total. The highest BCUT2D eigenvalue weighted by molar-refractivity contribution is 7.07. The van der Waals surface area contributed by atoms with Gasteiger partial charge in [-0.25, -0.2) is 4.99 Å². The van der Waals surface area contributed by atoms with E-state index in [4.69, 9.17) is 42.4 Å². The molecule has 2 heterocycles. The molecular formula is C36H29Cl2N3O6S. The Balaban J connectivity index is 1.42. The summed E-state index contributed by atoms with van der Waals surface area (Å²) in [5.41, 5.74) is 2.99. The van der Waals surface area contributed by atoms with Crippen molar-refractivity contribution in [3.63, 3.8) is 0 Å². The van der Waals surface area contributed by atoms with Crippen LogP contribution in [0.3, 0.4) is 0 Å². The minimum absolute atomic E-state index is 0.0731. The van der Waals surface area contributed by atoms with Gasteiger partial charge in [-0.2, -0.15) is 0 Å². The number of hydrogen-bond donors (Lipinski definition) is 2. The van der Waals surface area contributed by atoms with Crippen LogP contribution in [0.25, 0.3) is 6.08 Å². The highest BCUT2D eigenvalue weighted by atomic mass is 35.5. The number of para-hydroxylation sites is 1. The van der Waals surface area contributed by atoms with Crippen LogP contribution in [-0.4, -0.2) is 29.8 Å². The van der Waals surface area contributed by atoms with Crippen LogP contribution in [0.1, 0.15) is 29.7 Å². The SMILES string of the molecule is COc1cc([C@@H]2C(C(=O)Nc3ccccc3)=C(C)N=c3s/c(=C\c4cc(Cl)c(OCc5ccc(Cl)cc5)c(OC)c4)c(=O)n32)ccc1O. The molecule has 1 atom stereocenters. The van der Waals surface area contributed by atoms with Gasteiger partial charge in [-0.05, 0) is 78.2 Å². The molecule has 0 bridgehead atoms. The molecule has 1 amide bonds. The van der Waals surface area contributed by atoms with Crippen LogP contribution in [0.2, 0.25) is 10.0 Å². The minimum atomic E-state index is -0.872. The van der Waals surface area contributed by atoms with Crippen molar-refractivity contribution in [3.8, 4) is 23.0 Å². The highest BCUT2D eigenvalue weighted by Crippen LogP contribution is 2.38. The number of rotatable bonds is 9. The summed E-state index contributed by atoms with van der Waals surface area (Å²) in [5.74, 6) is 0.460. The zero-order chi connectivity index (χ0) is 33.9. The summed E-state index contributed by atoms with van der Waals surface area (Å²) < 4.78 is 18.8. The van der Waals surface area contributed by atoms with Gasteiger partial charge in [-0.3, -0.25) is 14.2 Å². The number of carbonyl (C=O) groups is 1. The number of methoxy groups -OCH3 is 2. The molecule has 0 saturated carbocycles. The third kappa shape index (κ3) is 6.68. The Morgan fingerprint density at radius 3 is 2.44 bits per heavy atom. The zero-order valence-corrected chi connectivity index (χ0v) is 28.3. The first-order chi connectivity index (χ1) is 23.2. The summed E-state index contributed by atoms with van der Waals surface area (Å²) in [4.78, 5) is 33.1. The normalized spacial score (nSPS) is 14.3. The lowest BCUT2D eigenvalue weighted by Crippen LogP contribution is -2.40. The molecule has 12 heteroatoms. The summed E-state index contributed by atoms with van der Waals surface area (Å²) in [6.45, 7) is 1.97. The van der Waals surface area contributed by atoms with Gasteiger partial charge < -0.3 is 24.6 Å². The maximum atomic E-state index is 14.2. The van der Waals surface area contributed by atoms with Crippen molar-refractivity contribution in [1.29, 1.82) is 0 Å². The number of fused-ring (bicyclic) bond motifs is 1. The fourth-order valence-electron chi connectivity index (χ4n) is 5.36. The van der Waals surface area contributed by atoms with E-state index in [-0.39, 0.29) is 29.2 Å². The minimum Gasteiger partial charge on any atom is -0.504 e. The lowest BCUT2D eigenvalue weighted by molar-refractivity contribution is -0.113.